The van der Waals surface area contributed by atoms with Crippen molar-refractivity contribution in [2.75, 3.05) is 0 Å². The number of aromatic nitrogens is 1. The predicted octanol–water partition coefficient (Wildman–Crippen LogP) is 1.93. The van der Waals surface area contributed by atoms with E-state index in [0.29, 0.717) is 5.39 Å². The Balaban J connectivity index is 2.79. The Bertz CT molecular complexity index is 431. The number of nitrogens with one attached hydrogen (secondary N) is 1. The van der Waals surface area contributed by atoms with Gasteiger partial charge in [-0.25, -0.2) is 0 Å². The summed E-state index contributed by atoms with van der Waals surface area (Å²) in [6, 6.07) is 5.24. The number of aromatic hydroxyl groups is 1. The van der Waals surface area contributed by atoms with Crippen LogP contribution in [-0.4, -0.2) is 15.2 Å². The third kappa shape index (κ3) is 1.17. The number of hydrogen-bond acceptors (Lipinski definition) is 2. The average molecular weight is 177 g/mol. The molecule has 1 atom stereocenters. The summed E-state index contributed by atoms with van der Waals surface area (Å²) in [5, 5.41) is 19.7. The lowest BCUT2D eigenvalue weighted by atomic mass is 10.1. The van der Waals surface area contributed by atoms with Crippen LogP contribution in [0.5, 0.6) is 5.75 Å². The molecule has 0 bridgehead atoms. The highest BCUT2D eigenvalue weighted by Crippen LogP contribution is 2.30. The third-order valence-electron chi connectivity index (χ3n) is 2.16. The average Bonchev–Trinajstić information content (AvgIpc) is 2.49. The lowest BCUT2D eigenvalue weighted by molar-refractivity contribution is 0.200. The first-order valence-electron chi connectivity index (χ1n) is 4.17. The molecule has 1 aromatic carbocycles. The Labute approximate surface area is 75.6 Å². The first-order valence-corrected chi connectivity index (χ1v) is 4.17. The highest BCUT2D eigenvalue weighted by Gasteiger charge is 2.10. The first kappa shape index (κ1) is 8.13. The smallest absolute Gasteiger partial charge is 0.125 e. The van der Waals surface area contributed by atoms with Gasteiger partial charge in [-0.15, -0.1) is 0 Å². The number of aliphatic hydroxyl groups is 1. The largest absolute Gasteiger partial charge is 0.507 e. The number of rotatable bonds is 1. The van der Waals surface area contributed by atoms with Gasteiger partial charge in [0, 0.05) is 22.7 Å². The van der Waals surface area contributed by atoms with Gasteiger partial charge in [-0.2, -0.15) is 0 Å². The second-order valence-corrected chi connectivity index (χ2v) is 3.12. The van der Waals surface area contributed by atoms with E-state index in [0.717, 1.165) is 11.1 Å². The van der Waals surface area contributed by atoms with E-state index in [2.05, 4.69) is 4.98 Å². The number of aromatic amines is 1. The molecule has 68 valence electrons. The van der Waals surface area contributed by atoms with Gasteiger partial charge >= 0.3 is 0 Å². The number of phenols is 1. The lowest BCUT2D eigenvalue weighted by Crippen LogP contribution is -1.87. The minimum absolute atomic E-state index is 0.203. The van der Waals surface area contributed by atoms with E-state index >= 15 is 0 Å². The van der Waals surface area contributed by atoms with Gasteiger partial charge < -0.3 is 15.2 Å². The molecule has 0 fully saturated rings. The van der Waals surface area contributed by atoms with E-state index in [-0.39, 0.29) is 5.75 Å². The van der Waals surface area contributed by atoms with Gasteiger partial charge in [0.15, 0.2) is 0 Å². The number of hydrogen-bond donors (Lipinski definition) is 3. The van der Waals surface area contributed by atoms with Crippen LogP contribution in [0.25, 0.3) is 10.9 Å². The van der Waals surface area contributed by atoms with Crippen molar-refractivity contribution < 1.29 is 10.2 Å². The molecule has 0 aliphatic rings. The summed E-state index contributed by atoms with van der Waals surface area (Å²) in [5.41, 5.74) is 1.57. The van der Waals surface area contributed by atoms with Crippen LogP contribution in [0.15, 0.2) is 24.4 Å². The van der Waals surface area contributed by atoms with Crippen molar-refractivity contribution in [2.24, 2.45) is 0 Å². The number of benzene rings is 1. The molecule has 3 nitrogen and oxygen atoms in total. The molecular formula is C10H11NO2. The van der Waals surface area contributed by atoms with Crippen molar-refractivity contribution in [1.82, 2.24) is 4.98 Å². The van der Waals surface area contributed by atoms with Gasteiger partial charge in [0.2, 0.25) is 0 Å². The quantitative estimate of drug-likeness (QED) is 0.623. The Kier molecular flexibility index (Phi) is 1.74. The van der Waals surface area contributed by atoms with Crippen LogP contribution in [0.4, 0.5) is 0 Å². The number of H-pyrrole nitrogens is 1. The van der Waals surface area contributed by atoms with Crippen LogP contribution in [0, 0.1) is 0 Å². The van der Waals surface area contributed by atoms with Gasteiger partial charge in [-0.1, -0.05) is 6.07 Å². The number of fused-ring (bicyclic) bond motifs is 1. The fourth-order valence-corrected chi connectivity index (χ4v) is 1.52. The molecule has 1 aromatic heterocycles. The Morgan fingerprint density at radius 1 is 1.38 bits per heavy atom. The molecule has 3 heteroatoms. The molecule has 1 unspecified atom stereocenters. The molecule has 3 N–H and O–H groups in total. The molecular weight excluding hydrogens is 166 g/mol. The molecule has 0 saturated carbocycles. The van der Waals surface area contributed by atoms with Gasteiger partial charge in [0.25, 0.3) is 0 Å². The van der Waals surface area contributed by atoms with Crippen LogP contribution in [0.1, 0.15) is 18.6 Å². The topological polar surface area (TPSA) is 56.2 Å². The van der Waals surface area contributed by atoms with E-state index in [4.69, 9.17) is 0 Å². The second kappa shape index (κ2) is 2.78. The highest BCUT2D eigenvalue weighted by molar-refractivity contribution is 5.89. The van der Waals surface area contributed by atoms with E-state index in [1.165, 1.54) is 0 Å². The van der Waals surface area contributed by atoms with Crippen LogP contribution < -0.4 is 0 Å². The SMILES string of the molecule is CC(O)c1c[nH]c2cccc(O)c12. The van der Waals surface area contributed by atoms with Crippen LogP contribution in [0.3, 0.4) is 0 Å². The molecule has 0 spiro atoms. The summed E-state index contributed by atoms with van der Waals surface area (Å²) in [5.74, 6) is 0.203. The van der Waals surface area contributed by atoms with Gasteiger partial charge in [-0.05, 0) is 19.1 Å². The third-order valence-corrected chi connectivity index (χ3v) is 2.16. The van der Waals surface area contributed by atoms with Crippen LogP contribution in [-0.2, 0) is 0 Å². The monoisotopic (exact) mass is 177 g/mol. The molecule has 0 amide bonds. The molecule has 0 aliphatic heterocycles. The highest BCUT2D eigenvalue weighted by atomic mass is 16.3. The van der Waals surface area contributed by atoms with Gasteiger partial charge in [-0.3, -0.25) is 0 Å². The molecule has 2 rings (SSSR count). The first-order chi connectivity index (χ1) is 6.20. The molecule has 1 heterocycles. The van der Waals surface area contributed by atoms with Crippen molar-refractivity contribution in [3.8, 4) is 5.75 Å². The fourth-order valence-electron chi connectivity index (χ4n) is 1.52. The minimum atomic E-state index is -0.568. The van der Waals surface area contributed by atoms with Crippen molar-refractivity contribution in [3.63, 3.8) is 0 Å². The standard InChI is InChI=1S/C10H11NO2/c1-6(12)7-5-11-8-3-2-4-9(13)10(7)8/h2-6,11-13H,1H3. The summed E-state index contributed by atoms with van der Waals surface area (Å²) < 4.78 is 0. The van der Waals surface area contributed by atoms with E-state index in [1.807, 2.05) is 6.07 Å². The zero-order valence-corrected chi connectivity index (χ0v) is 7.28. The van der Waals surface area contributed by atoms with Crippen molar-refractivity contribution in [3.05, 3.63) is 30.0 Å². The molecule has 0 radical (unpaired) electrons. The summed E-state index contributed by atoms with van der Waals surface area (Å²) in [6.45, 7) is 1.68. The van der Waals surface area contributed by atoms with E-state index in [9.17, 15) is 10.2 Å². The molecule has 0 aliphatic carbocycles. The normalized spacial score (nSPS) is 13.4. The second-order valence-electron chi connectivity index (χ2n) is 3.12. The Hall–Kier alpha value is -1.48. The van der Waals surface area contributed by atoms with Crippen LogP contribution in [0.2, 0.25) is 0 Å². The number of aliphatic hydroxyl groups excluding tert-OH is 1. The Morgan fingerprint density at radius 3 is 2.85 bits per heavy atom. The van der Waals surface area contributed by atoms with Crippen molar-refractivity contribution >= 4 is 10.9 Å². The molecule has 0 saturated heterocycles. The maximum atomic E-state index is 9.56. The molecule has 2 aromatic rings. The maximum Gasteiger partial charge on any atom is 0.125 e. The van der Waals surface area contributed by atoms with E-state index < -0.39 is 6.10 Å². The summed E-state index contributed by atoms with van der Waals surface area (Å²) >= 11 is 0. The van der Waals surface area contributed by atoms with Gasteiger partial charge in [0.1, 0.15) is 5.75 Å². The van der Waals surface area contributed by atoms with Crippen LogP contribution >= 0.6 is 0 Å². The maximum absolute atomic E-state index is 9.56. The van der Waals surface area contributed by atoms with Crippen molar-refractivity contribution in [1.29, 1.82) is 0 Å². The van der Waals surface area contributed by atoms with Crippen molar-refractivity contribution in [2.45, 2.75) is 13.0 Å². The molecule has 13 heavy (non-hydrogen) atoms. The zero-order chi connectivity index (χ0) is 9.42. The summed E-state index contributed by atoms with van der Waals surface area (Å²) in [6.07, 6.45) is 1.15. The summed E-state index contributed by atoms with van der Waals surface area (Å²) in [4.78, 5) is 2.99. The fraction of sp³-hybridized carbons (Fsp3) is 0.200. The zero-order valence-electron chi connectivity index (χ0n) is 7.28. The summed E-state index contributed by atoms with van der Waals surface area (Å²) in [7, 11) is 0. The van der Waals surface area contributed by atoms with E-state index in [1.54, 1.807) is 25.3 Å². The lowest BCUT2D eigenvalue weighted by Gasteiger charge is -2.02. The van der Waals surface area contributed by atoms with Gasteiger partial charge in [0.05, 0.1) is 6.10 Å². The minimum Gasteiger partial charge on any atom is -0.507 e. The predicted molar refractivity (Wildman–Crippen MR) is 50.6 cm³/mol. The Morgan fingerprint density at radius 2 is 2.15 bits per heavy atom. The number of phenolic OH excluding ortho intramolecular Hbond substituents is 1.